The molecule has 0 aromatic carbocycles. The smallest absolute Gasteiger partial charge is 0.145 e. The molecule has 3 nitrogen and oxygen atoms in total. The quantitative estimate of drug-likeness (QED) is 0.555. The Morgan fingerprint density at radius 2 is 2.62 bits per heavy atom. The second-order valence-electron chi connectivity index (χ2n) is 1.45. The third kappa shape index (κ3) is 0.703. The summed E-state index contributed by atoms with van der Waals surface area (Å²) in [6.45, 7) is 3.52. The molecule has 1 aromatic heterocycles. The lowest BCUT2D eigenvalue weighted by atomic mass is 10.4. The van der Waals surface area contributed by atoms with Crippen LogP contribution in [0.1, 0.15) is 5.69 Å². The van der Waals surface area contributed by atoms with Crippen LogP contribution in [0.2, 0.25) is 0 Å². The summed E-state index contributed by atoms with van der Waals surface area (Å²) in [5.74, 6) is 0.500. The number of nitrogens with zero attached hydrogens (tertiary/aromatic N) is 1. The Bertz CT molecular complexity index is 189. The van der Waals surface area contributed by atoms with Crippen LogP contribution in [0.25, 0.3) is 6.08 Å². The standard InChI is InChI=1S/C5H7N3/c1-2-4-3-5(6)8-7-4/h2-3H,1H2,(H3,6,7,8). The van der Waals surface area contributed by atoms with Gasteiger partial charge in [0.25, 0.3) is 0 Å². The maximum Gasteiger partial charge on any atom is 0.145 e. The third-order valence-corrected chi connectivity index (χ3v) is 0.837. The third-order valence-electron chi connectivity index (χ3n) is 0.837. The second-order valence-corrected chi connectivity index (χ2v) is 1.45. The van der Waals surface area contributed by atoms with E-state index in [9.17, 15) is 0 Å². The van der Waals surface area contributed by atoms with Gasteiger partial charge in [-0.05, 0) is 6.08 Å². The second kappa shape index (κ2) is 1.69. The highest BCUT2D eigenvalue weighted by molar-refractivity contribution is 5.46. The van der Waals surface area contributed by atoms with Crippen molar-refractivity contribution in [2.45, 2.75) is 0 Å². The van der Waals surface area contributed by atoms with Gasteiger partial charge in [-0.25, -0.2) is 0 Å². The number of aromatic amines is 1. The van der Waals surface area contributed by atoms with Crippen molar-refractivity contribution in [1.29, 1.82) is 0 Å². The van der Waals surface area contributed by atoms with Gasteiger partial charge in [-0.3, -0.25) is 5.10 Å². The topological polar surface area (TPSA) is 54.7 Å². The Morgan fingerprint density at radius 1 is 1.88 bits per heavy atom. The maximum atomic E-state index is 5.26. The van der Waals surface area contributed by atoms with Crippen LogP contribution in [-0.4, -0.2) is 10.2 Å². The van der Waals surface area contributed by atoms with Crippen molar-refractivity contribution < 1.29 is 0 Å². The first-order valence-corrected chi connectivity index (χ1v) is 2.26. The Balaban J connectivity index is 3.00. The van der Waals surface area contributed by atoms with Crippen LogP contribution in [0.3, 0.4) is 0 Å². The predicted octanol–water partition coefficient (Wildman–Crippen LogP) is 0.635. The fraction of sp³-hybridized carbons (Fsp3) is 0. The van der Waals surface area contributed by atoms with Gasteiger partial charge in [0.1, 0.15) is 5.82 Å². The maximum absolute atomic E-state index is 5.26. The number of anilines is 1. The first kappa shape index (κ1) is 4.90. The molecule has 0 amide bonds. The van der Waals surface area contributed by atoms with E-state index in [2.05, 4.69) is 16.8 Å². The van der Waals surface area contributed by atoms with E-state index >= 15 is 0 Å². The molecular formula is C5H7N3. The summed E-state index contributed by atoms with van der Waals surface area (Å²) in [6, 6.07) is 1.72. The molecule has 0 saturated carbocycles. The Kier molecular flexibility index (Phi) is 1.04. The van der Waals surface area contributed by atoms with E-state index in [0.29, 0.717) is 5.82 Å². The predicted molar refractivity (Wildman–Crippen MR) is 33.1 cm³/mol. The minimum Gasteiger partial charge on any atom is -0.382 e. The Hall–Kier alpha value is -1.25. The van der Waals surface area contributed by atoms with Crippen LogP contribution in [-0.2, 0) is 0 Å². The first-order valence-electron chi connectivity index (χ1n) is 2.26. The van der Waals surface area contributed by atoms with Crippen LogP contribution in [0, 0.1) is 0 Å². The molecule has 3 N–H and O–H groups in total. The van der Waals surface area contributed by atoms with Crippen molar-refractivity contribution in [3.05, 3.63) is 18.3 Å². The highest BCUT2D eigenvalue weighted by Gasteiger charge is 1.87. The molecule has 8 heavy (non-hydrogen) atoms. The van der Waals surface area contributed by atoms with Crippen molar-refractivity contribution in [1.82, 2.24) is 10.2 Å². The number of nitrogens with two attached hydrogens (primary N) is 1. The van der Waals surface area contributed by atoms with E-state index in [1.54, 1.807) is 12.1 Å². The fourth-order valence-corrected chi connectivity index (χ4v) is 0.458. The molecule has 1 aromatic rings. The zero-order valence-corrected chi connectivity index (χ0v) is 4.39. The molecule has 0 fully saturated rings. The van der Waals surface area contributed by atoms with Crippen molar-refractivity contribution in [3.8, 4) is 0 Å². The number of aromatic nitrogens is 2. The summed E-state index contributed by atoms with van der Waals surface area (Å²) < 4.78 is 0. The van der Waals surface area contributed by atoms with Gasteiger partial charge >= 0.3 is 0 Å². The summed E-state index contributed by atoms with van der Waals surface area (Å²) in [5.41, 5.74) is 6.11. The van der Waals surface area contributed by atoms with Gasteiger partial charge in [0.15, 0.2) is 0 Å². The molecule has 0 bridgehead atoms. The van der Waals surface area contributed by atoms with Crippen LogP contribution in [0.4, 0.5) is 5.82 Å². The van der Waals surface area contributed by atoms with Gasteiger partial charge in [0, 0.05) is 6.07 Å². The zero-order valence-electron chi connectivity index (χ0n) is 4.39. The van der Waals surface area contributed by atoms with Crippen molar-refractivity contribution in [3.63, 3.8) is 0 Å². The highest BCUT2D eigenvalue weighted by Crippen LogP contribution is 1.99. The van der Waals surface area contributed by atoms with E-state index in [1.807, 2.05) is 0 Å². The number of rotatable bonds is 1. The number of nitrogen functional groups attached to an aromatic ring is 1. The Morgan fingerprint density at radius 3 is 2.88 bits per heavy atom. The van der Waals surface area contributed by atoms with E-state index in [0.717, 1.165) is 5.69 Å². The average Bonchev–Trinajstić information content (AvgIpc) is 2.14. The van der Waals surface area contributed by atoms with Crippen molar-refractivity contribution in [2.24, 2.45) is 0 Å². The minimum absolute atomic E-state index is 0.500. The van der Waals surface area contributed by atoms with Crippen LogP contribution < -0.4 is 5.73 Å². The molecule has 0 radical (unpaired) electrons. The highest BCUT2D eigenvalue weighted by atomic mass is 15.1. The summed E-state index contributed by atoms with van der Waals surface area (Å²) in [6.07, 6.45) is 1.66. The van der Waals surface area contributed by atoms with Gasteiger partial charge in [0.05, 0.1) is 5.69 Å². The molecule has 0 saturated heterocycles. The number of H-pyrrole nitrogens is 1. The van der Waals surface area contributed by atoms with Gasteiger partial charge < -0.3 is 5.73 Å². The first-order chi connectivity index (χ1) is 3.83. The molecule has 42 valence electrons. The van der Waals surface area contributed by atoms with E-state index in [4.69, 9.17) is 5.73 Å². The molecule has 0 aliphatic carbocycles. The molecule has 0 aliphatic heterocycles. The van der Waals surface area contributed by atoms with Crippen LogP contribution in [0.5, 0.6) is 0 Å². The lowest BCUT2D eigenvalue weighted by molar-refractivity contribution is 1.09. The molecule has 0 spiro atoms. The lowest BCUT2D eigenvalue weighted by Crippen LogP contribution is -1.81. The molecule has 0 atom stereocenters. The Labute approximate surface area is 47.2 Å². The number of nitrogens with one attached hydrogen (secondary N) is 1. The molecule has 0 unspecified atom stereocenters. The van der Waals surface area contributed by atoms with Crippen LogP contribution in [0.15, 0.2) is 12.6 Å². The zero-order chi connectivity index (χ0) is 5.98. The monoisotopic (exact) mass is 109 g/mol. The summed E-state index contributed by atoms with van der Waals surface area (Å²) in [5, 5.41) is 6.33. The fourth-order valence-electron chi connectivity index (χ4n) is 0.458. The largest absolute Gasteiger partial charge is 0.382 e. The van der Waals surface area contributed by atoms with E-state index in [-0.39, 0.29) is 0 Å². The van der Waals surface area contributed by atoms with Gasteiger partial charge in [-0.1, -0.05) is 6.58 Å². The normalized spacial score (nSPS) is 9.00. The number of hydrogen-bond donors (Lipinski definition) is 2. The van der Waals surface area contributed by atoms with Crippen LogP contribution >= 0.6 is 0 Å². The lowest BCUT2D eigenvalue weighted by Gasteiger charge is -1.72. The van der Waals surface area contributed by atoms with Gasteiger partial charge in [-0.15, -0.1) is 0 Å². The minimum atomic E-state index is 0.500. The van der Waals surface area contributed by atoms with Gasteiger partial charge in [-0.2, -0.15) is 5.10 Å². The molecule has 0 aliphatic rings. The summed E-state index contributed by atoms with van der Waals surface area (Å²) in [7, 11) is 0. The van der Waals surface area contributed by atoms with E-state index in [1.165, 1.54) is 0 Å². The molecule has 1 rings (SSSR count). The SMILES string of the molecule is C=Cc1cc(N)n[nH]1. The number of hydrogen-bond acceptors (Lipinski definition) is 2. The van der Waals surface area contributed by atoms with E-state index < -0.39 is 0 Å². The van der Waals surface area contributed by atoms with Crippen molar-refractivity contribution in [2.75, 3.05) is 5.73 Å². The molecule has 3 heteroatoms. The van der Waals surface area contributed by atoms with Gasteiger partial charge in [0.2, 0.25) is 0 Å². The summed E-state index contributed by atoms with van der Waals surface area (Å²) in [4.78, 5) is 0. The summed E-state index contributed by atoms with van der Waals surface area (Å²) >= 11 is 0. The van der Waals surface area contributed by atoms with Crippen molar-refractivity contribution >= 4 is 11.9 Å². The molecule has 1 heterocycles. The molecular weight excluding hydrogens is 102 g/mol. The average molecular weight is 109 g/mol.